The number of para-hydroxylation sites is 1. The molecule has 0 aliphatic rings. The van der Waals surface area contributed by atoms with E-state index in [9.17, 15) is 0 Å². The Morgan fingerprint density at radius 3 is 2.33 bits per heavy atom. The van der Waals surface area contributed by atoms with E-state index in [1.54, 1.807) is 6.07 Å². The van der Waals surface area contributed by atoms with Crippen LogP contribution in [0.2, 0.25) is 0 Å². The van der Waals surface area contributed by atoms with Gasteiger partial charge in [0.2, 0.25) is 0 Å². The lowest BCUT2D eigenvalue weighted by Crippen LogP contribution is -1.99. The van der Waals surface area contributed by atoms with Gasteiger partial charge in [-0.25, -0.2) is 0 Å². The van der Waals surface area contributed by atoms with Crippen molar-refractivity contribution in [3.63, 3.8) is 0 Å². The van der Waals surface area contributed by atoms with Crippen molar-refractivity contribution in [1.29, 1.82) is 5.26 Å². The maximum atomic E-state index is 9.00. The standard InChI is InChI=1S/C14H9Br2NO/c15-12-6-3-7-13(16)14(12)18-9-11-5-2-1-4-10(11)8-17/h1-7H,9H2. The van der Waals surface area contributed by atoms with Crippen LogP contribution in [0.15, 0.2) is 51.4 Å². The van der Waals surface area contributed by atoms with E-state index in [1.165, 1.54) is 0 Å². The second-order valence-corrected chi connectivity index (χ2v) is 5.32. The maximum absolute atomic E-state index is 9.00. The van der Waals surface area contributed by atoms with E-state index < -0.39 is 0 Å². The third-order valence-corrected chi connectivity index (χ3v) is 3.68. The summed E-state index contributed by atoms with van der Waals surface area (Å²) in [6, 6.07) is 15.3. The molecule has 0 saturated heterocycles. The Kier molecular flexibility index (Phi) is 4.40. The van der Waals surface area contributed by atoms with Crippen molar-refractivity contribution in [1.82, 2.24) is 0 Å². The molecule has 2 aromatic carbocycles. The van der Waals surface area contributed by atoms with E-state index >= 15 is 0 Å². The molecule has 0 heterocycles. The Labute approximate surface area is 122 Å². The lowest BCUT2D eigenvalue weighted by Gasteiger charge is -2.10. The van der Waals surface area contributed by atoms with Crippen molar-refractivity contribution in [3.8, 4) is 11.8 Å². The van der Waals surface area contributed by atoms with Crippen LogP contribution < -0.4 is 4.74 Å². The molecule has 0 aliphatic heterocycles. The monoisotopic (exact) mass is 365 g/mol. The lowest BCUT2D eigenvalue weighted by atomic mass is 10.1. The van der Waals surface area contributed by atoms with Gasteiger partial charge in [-0.1, -0.05) is 24.3 Å². The Morgan fingerprint density at radius 2 is 1.67 bits per heavy atom. The molecule has 0 aliphatic carbocycles. The Bertz CT molecular complexity index is 585. The summed E-state index contributed by atoms with van der Waals surface area (Å²) in [6.07, 6.45) is 0. The molecule has 0 spiro atoms. The molecule has 2 nitrogen and oxygen atoms in total. The van der Waals surface area contributed by atoms with Gasteiger partial charge in [0.15, 0.2) is 0 Å². The van der Waals surface area contributed by atoms with Crippen LogP contribution in [0.3, 0.4) is 0 Å². The molecule has 18 heavy (non-hydrogen) atoms. The van der Waals surface area contributed by atoms with E-state index in [4.69, 9.17) is 10.00 Å². The van der Waals surface area contributed by atoms with Crippen LogP contribution in [0, 0.1) is 11.3 Å². The Hall–Kier alpha value is -1.31. The molecule has 0 aromatic heterocycles. The van der Waals surface area contributed by atoms with Crippen molar-refractivity contribution < 1.29 is 4.74 Å². The van der Waals surface area contributed by atoms with E-state index in [-0.39, 0.29) is 0 Å². The highest BCUT2D eigenvalue weighted by Crippen LogP contribution is 2.33. The molecule has 90 valence electrons. The van der Waals surface area contributed by atoms with Crippen LogP contribution in [-0.4, -0.2) is 0 Å². The number of hydrogen-bond donors (Lipinski definition) is 0. The summed E-state index contributed by atoms with van der Waals surface area (Å²) in [5.41, 5.74) is 1.52. The van der Waals surface area contributed by atoms with Crippen molar-refractivity contribution in [2.75, 3.05) is 0 Å². The van der Waals surface area contributed by atoms with Gasteiger partial charge in [-0.3, -0.25) is 0 Å². The first-order valence-corrected chi connectivity index (χ1v) is 6.86. The molecule has 2 aromatic rings. The van der Waals surface area contributed by atoms with Crippen LogP contribution in [0.4, 0.5) is 0 Å². The van der Waals surface area contributed by atoms with Crippen LogP contribution in [-0.2, 0) is 6.61 Å². The van der Waals surface area contributed by atoms with Crippen LogP contribution in [0.5, 0.6) is 5.75 Å². The minimum atomic E-state index is 0.366. The first kappa shape index (κ1) is 13.1. The largest absolute Gasteiger partial charge is 0.486 e. The summed E-state index contributed by atoms with van der Waals surface area (Å²) < 4.78 is 7.51. The van der Waals surface area contributed by atoms with Gasteiger partial charge in [0.25, 0.3) is 0 Å². The number of hydrogen-bond acceptors (Lipinski definition) is 2. The average Bonchev–Trinajstić information content (AvgIpc) is 2.38. The van der Waals surface area contributed by atoms with Gasteiger partial charge in [0.1, 0.15) is 12.4 Å². The molecule has 0 N–H and O–H groups in total. The first-order chi connectivity index (χ1) is 8.72. The molecule has 0 atom stereocenters. The van der Waals surface area contributed by atoms with Gasteiger partial charge >= 0.3 is 0 Å². The number of ether oxygens (including phenoxy) is 1. The summed E-state index contributed by atoms with van der Waals surface area (Å²) in [5.74, 6) is 0.741. The zero-order valence-electron chi connectivity index (χ0n) is 9.36. The molecular weight excluding hydrogens is 358 g/mol. The summed E-state index contributed by atoms with van der Waals surface area (Å²) in [6.45, 7) is 0.366. The van der Waals surface area contributed by atoms with E-state index in [0.29, 0.717) is 12.2 Å². The predicted octanol–water partition coefficient (Wildman–Crippen LogP) is 4.66. The highest BCUT2D eigenvalue weighted by atomic mass is 79.9. The smallest absolute Gasteiger partial charge is 0.148 e. The van der Waals surface area contributed by atoms with Gasteiger partial charge in [-0.05, 0) is 50.1 Å². The molecule has 0 unspecified atom stereocenters. The van der Waals surface area contributed by atoms with Crippen molar-refractivity contribution in [2.45, 2.75) is 6.61 Å². The normalized spacial score (nSPS) is 9.83. The zero-order valence-corrected chi connectivity index (χ0v) is 12.5. The van der Waals surface area contributed by atoms with Crippen LogP contribution in [0.1, 0.15) is 11.1 Å². The van der Waals surface area contributed by atoms with Crippen molar-refractivity contribution in [2.24, 2.45) is 0 Å². The van der Waals surface area contributed by atoms with Crippen LogP contribution >= 0.6 is 31.9 Å². The molecule has 0 amide bonds. The third-order valence-electron chi connectivity index (χ3n) is 2.43. The SMILES string of the molecule is N#Cc1ccccc1COc1c(Br)cccc1Br. The quantitative estimate of drug-likeness (QED) is 0.791. The fourth-order valence-corrected chi connectivity index (χ4v) is 2.75. The maximum Gasteiger partial charge on any atom is 0.148 e. The minimum absolute atomic E-state index is 0.366. The highest BCUT2D eigenvalue weighted by Gasteiger charge is 2.07. The second kappa shape index (κ2) is 6.03. The Balaban J connectivity index is 2.20. The molecule has 0 radical (unpaired) electrons. The van der Waals surface area contributed by atoms with Gasteiger partial charge < -0.3 is 4.74 Å². The third kappa shape index (κ3) is 2.92. The minimum Gasteiger partial charge on any atom is -0.486 e. The van der Waals surface area contributed by atoms with E-state index in [2.05, 4.69) is 37.9 Å². The topological polar surface area (TPSA) is 33.0 Å². The predicted molar refractivity (Wildman–Crippen MR) is 77.3 cm³/mol. The summed E-state index contributed by atoms with van der Waals surface area (Å²) in [7, 11) is 0. The number of benzene rings is 2. The molecular formula is C14H9Br2NO. The molecule has 0 fully saturated rings. The highest BCUT2D eigenvalue weighted by molar-refractivity contribution is 9.11. The summed E-state index contributed by atoms with van der Waals surface area (Å²) in [4.78, 5) is 0. The average molecular weight is 367 g/mol. The Morgan fingerprint density at radius 1 is 1.00 bits per heavy atom. The van der Waals surface area contributed by atoms with Gasteiger partial charge in [0, 0.05) is 5.56 Å². The molecule has 4 heteroatoms. The number of rotatable bonds is 3. The van der Waals surface area contributed by atoms with Crippen molar-refractivity contribution >= 4 is 31.9 Å². The number of nitriles is 1. The molecule has 2 rings (SSSR count). The van der Waals surface area contributed by atoms with Crippen molar-refractivity contribution in [3.05, 3.63) is 62.5 Å². The van der Waals surface area contributed by atoms with Gasteiger partial charge in [-0.2, -0.15) is 5.26 Å². The number of nitrogens with zero attached hydrogens (tertiary/aromatic N) is 1. The fourth-order valence-electron chi connectivity index (χ4n) is 1.53. The lowest BCUT2D eigenvalue weighted by molar-refractivity contribution is 0.302. The summed E-state index contributed by atoms with van der Waals surface area (Å²) in [5, 5.41) is 9.00. The van der Waals surface area contributed by atoms with Gasteiger partial charge in [-0.15, -0.1) is 0 Å². The number of halogens is 2. The second-order valence-electron chi connectivity index (χ2n) is 3.61. The first-order valence-electron chi connectivity index (χ1n) is 5.27. The van der Waals surface area contributed by atoms with Gasteiger partial charge in [0.05, 0.1) is 20.6 Å². The van der Waals surface area contributed by atoms with E-state index in [0.717, 1.165) is 20.3 Å². The fraction of sp³-hybridized carbons (Fsp3) is 0.0714. The van der Waals surface area contributed by atoms with Crippen LogP contribution in [0.25, 0.3) is 0 Å². The van der Waals surface area contributed by atoms with E-state index in [1.807, 2.05) is 36.4 Å². The molecule has 0 saturated carbocycles. The summed E-state index contributed by atoms with van der Waals surface area (Å²) >= 11 is 6.87. The zero-order chi connectivity index (χ0) is 13.0. The molecule has 0 bridgehead atoms.